The second kappa shape index (κ2) is 6.26. The average Bonchev–Trinajstić information content (AvgIpc) is 3.36. The summed E-state index contributed by atoms with van der Waals surface area (Å²) in [7, 11) is 0. The normalized spacial score (nSPS) is 21.2. The monoisotopic (exact) mass is 334 g/mol. The second-order valence-electron chi connectivity index (χ2n) is 6.09. The number of nitrogens with one attached hydrogen (secondary N) is 1. The zero-order valence-electron chi connectivity index (χ0n) is 13.0. The molecule has 1 aliphatic rings. The lowest BCUT2D eigenvalue weighted by atomic mass is 10.1. The minimum Gasteiger partial charge on any atom is -0.349 e. The van der Waals surface area contributed by atoms with E-state index < -0.39 is 11.7 Å². The van der Waals surface area contributed by atoms with Crippen molar-refractivity contribution in [3.63, 3.8) is 0 Å². The van der Waals surface area contributed by atoms with Crippen LogP contribution < -0.4 is 5.32 Å². The van der Waals surface area contributed by atoms with Gasteiger partial charge < -0.3 is 5.32 Å². The molecule has 1 heterocycles. The lowest BCUT2D eigenvalue weighted by Gasteiger charge is -2.15. The number of alkyl halides is 3. The highest BCUT2D eigenvalue weighted by Crippen LogP contribution is 2.47. The maximum Gasteiger partial charge on any atom is 0.416 e. The average molecular weight is 334 g/mol. The quantitative estimate of drug-likeness (QED) is 0.915. The molecule has 0 saturated heterocycles. The maximum absolute atomic E-state index is 12.6. The van der Waals surface area contributed by atoms with Crippen LogP contribution in [0.5, 0.6) is 0 Å². The van der Waals surface area contributed by atoms with Gasteiger partial charge in [-0.2, -0.15) is 13.2 Å². The fourth-order valence-corrected chi connectivity index (χ4v) is 2.81. The Labute approximate surface area is 137 Å². The van der Waals surface area contributed by atoms with Crippen molar-refractivity contribution >= 4 is 5.91 Å². The van der Waals surface area contributed by atoms with Crippen molar-refractivity contribution < 1.29 is 18.0 Å². The van der Waals surface area contributed by atoms with Gasteiger partial charge in [0, 0.05) is 18.3 Å². The minimum absolute atomic E-state index is 0.0729. The summed E-state index contributed by atoms with van der Waals surface area (Å²) < 4.78 is 37.7. The van der Waals surface area contributed by atoms with Crippen molar-refractivity contribution in [3.05, 3.63) is 65.5 Å². The van der Waals surface area contributed by atoms with E-state index in [9.17, 15) is 18.0 Å². The highest BCUT2D eigenvalue weighted by molar-refractivity contribution is 5.83. The first-order valence-corrected chi connectivity index (χ1v) is 7.73. The second-order valence-corrected chi connectivity index (χ2v) is 6.09. The topological polar surface area (TPSA) is 42.0 Å². The molecule has 6 heteroatoms. The van der Waals surface area contributed by atoms with Gasteiger partial charge in [-0.15, -0.1) is 0 Å². The molecule has 0 aliphatic heterocycles. The van der Waals surface area contributed by atoms with Crippen molar-refractivity contribution in [2.75, 3.05) is 0 Å². The number of carbonyl (C=O) groups excluding carboxylic acids is 1. The van der Waals surface area contributed by atoms with Gasteiger partial charge in [-0.1, -0.05) is 18.2 Å². The number of hydrogen-bond acceptors (Lipinski definition) is 2. The van der Waals surface area contributed by atoms with Gasteiger partial charge in [-0.3, -0.25) is 9.78 Å². The Balaban J connectivity index is 1.59. The van der Waals surface area contributed by atoms with Crippen LogP contribution in [0.25, 0.3) is 0 Å². The van der Waals surface area contributed by atoms with Gasteiger partial charge in [0.25, 0.3) is 0 Å². The molecule has 0 spiro atoms. The van der Waals surface area contributed by atoms with Crippen molar-refractivity contribution in [1.29, 1.82) is 0 Å². The Morgan fingerprint density at radius 1 is 1.25 bits per heavy atom. The summed E-state index contributed by atoms with van der Waals surface area (Å²) in [6.07, 6.45) is -0.127. The van der Waals surface area contributed by atoms with Crippen LogP contribution in [0.3, 0.4) is 0 Å². The summed E-state index contributed by atoms with van der Waals surface area (Å²) in [5.41, 5.74) is 0.998. The Bertz CT molecular complexity index is 713. The van der Waals surface area contributed by atoms with E-state index in [4.69, 9.17) is 0 Å². The molecule has 126 valence electrons. The molecule has 1 fully saturated rings. The molecule has 0 unspecified atom stereocenters. The lowest BCUT2D eigenvalue weighted by Crippen LogP contribution is -2.28. The summed E-state index contributed by atoms with van der Waals surface area (Å²) in [6.45, 7) is 1.77. The zero-order valence-corrected chi connectivity index (χ0v) is 13.0. The Kier molecular flexibility index (Phi) is 4.30. The van der Waals surface area contributed by atoms with E-state index >= 15 is 0 Å². The highest BCUT2D eigenvalue weighted by atomic mass is 19.4. The standard InChI is InChI=1S/C18H17F3N2O/c1-11(12-4-6-14(7-5-12)18(19,20)21)23-17(24)16-9-15(16)13-3-2-8-22-10-13/h2-8,10-11,15-16H,9H2,1H3,(H,23,24)/t11-,15-,16+/m0/s1. The summed E-state index contributed by atoms with van der Waals surface area (Å²) in [4.78, 5) is 16.3. The zero-order chi connectivity index (χ0) is 17.3. The molecule has 1 aliphatic carbocycles. The first-order chi connectivity index (χ1) is 11.4. The van der Waals surface area contributed by atoms with Gasteiger partial charge in [0.1, 0.15) is 0 Å². The van der Waals surface area contributed by atoms with E-state index in [-0.39, 0.29) is 23.8 Å². The van der Waals surface area contributed by atoms with E-state index in [1.54, 1.807) is 19.3 Å². The molecule has 1 amide bonds. The van der Waals surface area contributed by atoms with Gasteiger partial charge in [-0.05, 0) is 48.6 Å². The van der Waals surface area contributed by atoms with Gasteiger partial charge in [0.15, 0.2) is 0 Å². The van der Waals surface area contributed by atoms with Crippen LogP contribution in [0, 0.1) is 5.92 Å². The van der Waals surface area contributed by atoms with E-state index in [2.05, 4.69) is 10.3 Å². The molecule has 2 aromatic rings. The van der Waals surface area contributed by atoms with E-state index in [1.165, 1.54) is 12.1 Å². The van der Waals surface area contributed by atoms with Crippen molar-refractivity contribution in [2.24, 2.45) is 5.92 Å². The number of pyridine rings is 1. The van der Waals surface area contributed by atoms with Crippen LogP contribution in [0.2, 0.25) is 0 Å². The molecule has 0 bridgehead atoms. The van der Waals surface area contributed by atoms with Gasteiger partial charge in [0.2, 0.25) is 5.91 Å². The molecule has 3 atom stereocenters. The third kappa shape index (κ3) is 3.58. The number of halogens is 3. The first kappa shape index (κ1) is 16.5. The maximum atomic E-state index is 12.6. The number of amides is 1. The number of hydrogen-bond donors (Lipinski definition) is 1. The van der Waals surface area contributed by atoms with E-state index in [0.29, 0.717) is 5.56 Å². The first-order valence-electron chi connectivity index (χ1n) is 7.73. The van der Waals surface area contributed by atoms with Crippen LogP contribution in [0.4, 0.5) is 13.2 Å². The Morgan fingerprint density at radius 2 is 1.96 bits per heavy atom. The molecule has 1 saturated carbocycles. The summed E-state index contributed by atoms with van der Waals surface area (Å²) in [5, 5.41) is 2.88. The SMILES string of the molecule is C[C@H](NC(=O)[C@@H]1C[C@H]1c1cccnc1)c1ccc(C(F)(F)F)cc1. The summed E-state index contributed by atoms with van der Waals surface area (Å²) in [5.74, 6) is 0.0147. The van der Waals surface area contributed by atoms with Gasteiger partial charge in [-0.25, -0.2) is 0 Å². The largest absolute Gasteiger partial charge is 0.416 e. The number of nitrogens with zero attached hydrogens (tertiary/aromatic N) is 1. The molecule has 1 aromatic heterocycles. The van der Waals surface area contributed by atoms with Crippen molar-refractivity contribution in [2.45, 2.75) is 31.5 Å². The molecular weight excluding hydrogens is 317 g/mol. The van der Waals surface area contributed by atoms with Gasteiger partial charge >= 0.3 is 6.18 Å². The molecule has 1 N–H and O–H groups in total. The number of benzene rings is 1. The van der Waals surface area contributed by atoms with E-state index in [0.717, 1.165) is 24.1 Å². The van der Waals surface area contributed by atoms with Crippen LogP contribution in [-0.4, -0.2) is 10.9 Å². The molecular formula is C18H17F3N2O. The third-order valence-electron chi connectivity index (χ3n) is 4.34. The Hall–Kier alpha value is -2.37. The fraction of sp³-hybridized carbons (Fsp3) is 0.333. The van der Waals surface area contributed by atoms with Gasteiger partial charge in [0.05, 0.1) is 11.6 Å². The number of carbonyl (C=O) groups is 1. The Morgan fingerprint density at radius 3 is 2.54 bits per heavy atom. The van der Waals surface area contributed by atoms with Crippen LogP contribution in [0.1, 0.15) is 42.0 Å². The summed E-state index contributed by atoms with van der Waals surface area (Å²) >= 11 is 0. The number of rotatable bonds is 4. The molecule has 0 radical (unpaired) electrons. The van der Waals surface area contributed by atoms with Crippen molar-refractivity contribution in [3.8, 4) is 0 Å². The molecule has 1 aromatic carbocycles. The third-order valence-corrected chi connectivity index (χ3v) is 4.34. The predicted octanol–water partition coefficient (Wildman–Crippen LogP) is 4.08. The molecule has 3 rings (SSSR count). The number of aromatic nitrogens is 1. The van der Waals surface area contributed by atoms with Crippen LogP contribution in [0.15, 0.2) is 48.8 Å². The fourth-order valence-electron chi connectivity index (χ4n) is 2.81. The highest BCUT2D eigenvalue weighted by Gasteiger charge is 2.44. The smallest absolute Gasteiger partial charge is 0.349 e. The molecule has 24 heavy (non-hydrogen) atoms. The van der Waals surface area contributed by atoms with Crippen LogP contribution >= 0.6 is 0 Å². The summed E-state index contributed by atoms with van der Waals surface area (Å²) in [6, 6.07) is 8.33. The van der Waals surface area contributed by atoms with Crippen molar-refractivity contribution in [1.82, 2.24) is 10.3 Å². The molecule has 3 nitrogen and oxygen atoms in total. The van der Waals surface area contributed by atoms with Crippen LogP contribution in [-0.2, 0) is 11.0 Å². The van der Waals surface area contributed by atoms with E-state index in [1.807, 2.05) is 12.1 Å². The minimum atomic E-state index is -4.35. The predicted molar refractivity (Wildman–Crippen MR) is 83.1 cm³/mol. The lowest BCUT2D eigenvalue weighted by molar-refractivity contribution is -0.137.